The van der Waals surface area contributed by atoms with Gasteiger partial charge in [-0.25, -0.2) is 0 Å². The van der Waals surface area contributed by atoms with E-state index < -0.39 is 6.04 Å². The quantitative estimate of drug-likeness (QED) is 0.463. The fourth-order valence-electron chi connectivity index (χ4n) is 4.15. The topological polar surface area (TPSA) is 58.6 Å². The first-order valence-corrected chi connectivity index (χ1v) is 12.0. The van der Waals surface area contributed by atoms with Crippen molar-refractivity contribution in [2.75, 3.05) is 6.61 Å². The van der Waals surface area contributed by atoms with Crippen LogP contribution in [0.2, 0.25) is 5.02 Å². The number of rotatable bonds is 11. The number of ether oxygens (including phenoxy) is 1. The van der Waals surface area contributed by atoms with Gasteiger partial charge in [0.2, 0.25) is 11.8 Å². The second-order valence-corrected chi connectivity index (χ2v) is 8.76. The fraction of sp³-hybridized carbons (Fsp3) is 0.462. The maximum Gasteiger partial charge on any atom is 0.243 e. The number of hydrogen-bond acceptors (Lipinski definition) is 3. The Morgan fingerprint density at radius 1 is 1.09 bits per heavy atom. The van der Waals surface area contributed by atoms with Crippen LogP contribution in [0.5, 0.6) is 5.75 Å². The van der Waals surface area contributed by atoms with Crippen LogP contribution in [0.1, 0.15) is 57.4 Å². The summed E-state index contributed by atoms with van der Waals surface area (Å²) in [4.78, 5) is 28.0. The summed E-state index contributed by atoms with van der Waals surface area (Å²) in [6.07, 6.45) is 5.84. The SMILES string of the molecule is CCC(C(=O)NC1CCCC1)N(Cc1ccccc1)C(=O)CCCOc1ccc(Cl)cc1. The van der Waals surface area contributed by atoms with Crippen molar-refractivity contribution < 1.29 is 14.3 Å². The highest BCUT2D eigenvalue weighted by molar-refractivity contribution is 6.30. The standard InChI is InChI=1S/C26H33ClN2O3/c1-2-24(26(31)28-22-11-6-7-12-22)29(19-20-9-4-3-5-10-20)25(30)13-8-18-32-23-16-14-21(27)15-17-23/h3-5,9-10,14-17,22,24H,2,6-8,11-13,18-19H2,1H3,(H,28,31). The van der Waals surface area contributed by atoms with Gasteiger partial charge in [-0.1, -0.05) is 61.7 Å². The van der Waals surface area contributed by atoms with Crippen LogP contribution in [0.15, 0.2) is 54.6 Å². The number of amides is 2. The lowest BCUT2D eigenvalue weighted by molar-refractivity contribution is -0.141. The van der Waals surface area contributed by atoms with E-state index in [0.29, 0.717) is 37.4 Å². The van der Waals surface area contributed by atoms with Crippen LogP contribution in [0.4, 0.5) is 0 Å². The molecule has 1 unspecified atom stereocenters. The zero-order chi connectivity index (χ0) is 22.8. The maximum atomic E-state index is 13.2. The average Bonchev–Trinajstić information content (AvgIpc) is 3.31. The Labute approximate surface area is 196 Å². The van der Waals surface area contributed by atoms with Crippen LogP contribution >= 0.6 is 11.6 Å². The molecule has 6 heteroatoms. The average molecular weight is 457 g/mol. The van der Waals surface area contributed by atoms with Crippen molar-refractivity contribution in [3.63, 3.8) is 0 Å². The van der Waals surface area contributed by atoms with Crippen molar-refractivity contribution >= 4 is 23.4 Å². The third kappa shape index (κ3) is 7.27. The van der Waals surface area contributed by atoms with Crippen molar-refractivity contribution in [3.05, 3.63) is 65.2 Å². The van der Waals surface area contributed by atoms with Crippen molar-refractivity contribution in [1.82, 2.24) is 10.2 Å². The monoisotopic (exact) mass is 456 g/mol. The number of carbonyl (C=O) groups is 2. The van der Waals surface area contributed by atoms with Gasteiger partial charge in [0.05, 0.1) is 6.61 Å². The lowest BCUT2D eigenvalue weighted by atomic mass is 10.1. The molecule has 2 aromatic carbocycles. The Balaban J connectivity index is 1.61. The van der Waals surface area contributed by atoms with Gasteiger partial charge in [-0.15, -0.1) is 0 Å². The maximum absolute atomic E-state index is 13.2. The molecular weight excluding hydrogens is 424 g/mol. The van der Waals surface area contributed by atoms with E-state index in [1.165, 1.54) is 0 Å². The summed E-state index contributed by atoms with van der Waals surface area (Å²) >= 11 is 5.90. The van der Waals surface area contributed by atoms with Gasteiger partial charge in [0.15, 0.2) is 0 Å². The summed E-state index contributed by atoms with van der Waals surface area (Å²) in [5.74, 6) is 0.661. The van der Waals surface area contributed by atoms with Crippen LogP contribution in [-0.2, 0) is 16.1 Å². The summed E-state index contributed by atoms with van der Waals surface area (Å²) in [7, 11) is 0. The Hall–Kier alpha value is -2.53. The van der Waals surface area contributed by atoms with Crippen LogP contribution < -0.4 is 10.1 Å². The van der Waals surface area contributed by atoms with E-state index in [2.05, 4.69) is 5.32 Å². The summed E-state index contributed by atoms with van der Waals surface area (Å²) < 4.78 is 5.72. The highest BCUT2D eigenvalue weighted by atomic mass is 35.5. The molecule has 0 radical (unpaired) electrons. The molecule has 172 valence electrons. The van der Waals surface area contributed by atoms with Gasteiger partial charge < -0.3 is 15.0 Å². The van der Waals surface area contributed by atoms with Gasteiger partial charge in [0.1, 0.15) is 11.8 Å². The van der Waals surface area contributed by atoms with E-state index in [-0.39, 0.29) is 17.9 Å². The minimum Gasteiger partial charge on any atom is -0.494 e. The Morgan fingerprint density at radius 3 is 2.44 bits per heavy atom. The molecule has 1 saturated carbocycles. The summed E-state index contributed by atoms with van der Waals surface area (Å²) in [5.41, 5.74) is 1.02. The number of nitrogens with one attached hydrogen (secondary N) is 1. The molecule has 0 bridgehead atoms. The second-order valence-electron chi connectivity index (χ2n) is 8.33. The van der Waals surface area contributed by atoms with Crippen molar-refractivity contribution in [3.8, 4) is 5.75 Å². The molecule has 0 spiro atoms. The normalized spacial score (nSPS) is 14.7. The predicted octanol–water partition coefficient (Wildman–Crippen LogP) is 5.37. The number of hydrogen-bond donors (Lipinski definition) is 1. The van der Waals surface area contributed by atoms with E-state index >= 15 is 0 Å². The Kier molecular flexibility index (Phi) is 9.42. The molecule has 1 aliphatic carbocycles. The molecule has 1 fully saturated rings. The first-order chi connectivity index (χ1) is 15.6. The number of nitrogens with zero attached hydrogens (tertiary/aromatic N) is 1. The van der Waals surface area contributed by atoms with Crippen LogP contribution in [0.25, 0.3) is 0 Å². The number of benzene rings is 2. The van der Waals surface area contributed by atoms with Crippen molar-refractivity contribution in [1.29, 1.82) is 0 Å². The summed E-state index contributed by atoms with van der Waals surface area (Å²) in [5, 5.41) is 3.83. The van der Waals surface area contributed by atoms with Crippen LogP contribution in [0, 0.1) is 0 Å². The van der Waals surface area contributed by atoms with Gasteiger partial charge >= 0.3 is 0 Å². The van der Waals surface area contributed by atoms with Gasteiger partial charge in [0.25, 0.3) is 0 Å². The molecule has 0 heterocycles. The van der Waals surface area contributed by atoms with Gasteiger partial charge in [0, 0.05) is 24.0 Å². The first kappa shape index (κ1) is 24.1. The molecular formula is C26H33ClN2O3. The predicted molar refractivity (Wildman–Crippen MR) is 128 cm³/mol. The lowest BCUT2D eigenvalue weighted by Crippen LogP contribution is -2.50. The van der Waals surface area contributed by atoms with E-state index in [1.54, 1.807) is 17.0 Å². The molecule has 2 aromatic rings. The minimum atomic E-state index is -0.472. The Bertz CT molecular complexity index is 851. The third-order valence-corrected chi connectivity index (χ3v) is 6.15. The van der Waals surface area contributed by atoms with E-state index in [1.807, 2.05) is 49.4 Å². The molecule has 5 nitrogen and oxygen atoms in total. The molecule has 1 N–H and O–H groups in total. The van der Waals surface area contributed by atoms with Gasteiger partial charge in [-0.3, -0.25) is 9.59 Å². The largest absolute Gasteiger partial charge is 0.494 e. The second kappa shape index (κ2) is 12.5. The molecule has 32 heavy (non-hydrogen) atoms. The van der Waals surface area contributed by atoms with Gasteiger partial charge in [-0.2, -0.15) is 0 Å². The van der Waals surface area contributed by atoms with Crippen LogP contribution in [-0.4, -0.2) is 35.4 Å². The van der Waals surface area contributed by atoms with Gasteiger partial charge in [-0.05, 0) is 55.5 Å². The smallest absolute Gasteiger partial charge is 0.243 e. The van der Waals surface area contributed by atoms with E-state index in [9.17, 15) is 9.59 Å². The number of carbonyl (C=O) groups excluding carboxylic acids is 2. The van der Waals surface area contributed by atoms with Crippen molar-refractivity contribution in [2.45, 2.75) is 70.5 Å². The van der Waals surface area contributed by atoms with E-state index in [0.717, 1.165) is 37.0 Å². The molecule has 3 rings (SSSR count). The molecule has 0 aliphatic heterocycles. The van der Waals surface area contributed by atoms with E-state index in [4.69, 9.17) is 16.3 Å². The molecule has 0 aromatic heterocycles. The molecule has 2 amide bonds. The fourth-order valence-corrected chi connectivity index (χ4v) is 4.28. The zero-order valence-corrected chi connectivity index (χ0v) is 19.5. The molecule has 1 atom stereocenters. The number of halogens is 1. The lowest BCUT2D eigenvalue weighted by Gasteiger charge is -2.31. The third-order valence-electron chi connectivity index (χ3n) is 5.90. The zero-order valence-electron chi connectivity index (χ0n) is 18.8. The Morgan fingerprint density at radius 2 is 1.78 bits per heavy atom. The molecule has 0 saturated heterocycles. The first-order valence-electron chi connectivity index (χ1n) is 11.6. The van der Waals surface area contributed by atoms with Crippen LogP contribution in [0.3, 0.4) is 0 Å². The summed E-state index contributed by atoms with van der Waals surface area (Å²) in [6.45, 7) is 2.82. The highest BCUT2D eigenvalue weighted by Gasteiger charge is 2.30. The summed E-state index contributed by atoms with van der Waals surface area (Å²) in [6, 6.07) is 16.8. The molecule has 1 aliphatic rings. The highest BCUT2D eigenvalue weighted by Crippen LogP contribution is 2.20. The van der Waals surface area contributed by atoms with Crippen molar-refractivity contribution in [2.24, 2.45) is 0 Å². The minimum absolute atomic E-state index is 0.0259.